The highest BCUT2D eigenvalue weighted by Crippen LogP contribution is 2.20. The number of amides is 1. The monoisotopic (exact) mass is 271 g/mol. The van der Waals surface area contributed by atoms with Crippen molar-refractivity contribution in [1.29, 1.82) is 0 Å². The zero-order valence-corrected chi connectivity index (χ0v) is 10.8. The minimum absolute atomic E-state index is 0.275. The number of ether oxygens (including phenoxy) is 1. The van der Waals surface area contributed by atoms with Crippen molar-refractivity contribution < 1.29 is 14.3 Å². The first-order valence-electron chi connectivity index (χ1n) is 5.82. The average Bonchev–Trinajstić information content (AvgIpc) is 2.49. The summed E-state index contributed by atoms with van der Waals surface area (Å²) in [6, 6.07) is 9.54. The lowest BCUT2D eigenvalue weighted by molar-refractivity contribution is 0.0600. The zero-order chi connectivity index (χ0) is 14.5. The van der Waals surface area contributed by atoms with Crippen LogP contribution >= 0.6 is 0 Å². The first kappa shape index (κ1) is 13.5. The molecule has 0 saturated carbocycles. The smallest absolute Gasteiger partial charge is 0.337 e. The number of pyridine rings is 1. The SMILES string of the molecule is COC(=O)c1ccc(NC(=O)c2ccccn2)c(N)c1. The maximum absolute atomic E-state index is 11.9. The number of nitrogens with zero attached hydrogens (tertiary/aromatic N) is 1. The highest BCUT2D eigenvalue weighted by molar-refractivity contribution is 6.05. The van der Waals surface area contributed by atoms with E-state index in [0.717, 1.165) is 0 Å². The Labute approximate surface area is 115 Å². The van der Waals surface area contributed by atoms with E-state index in [1.54, 1.807) is 24.3 Å². The summed E-state index contributed by atoms with van der Waals surface area (Å²) in [4.78, 5) is 27.2. The molecule has 1 amide bonds. The predicted molar refractivity (Wildman–Crippen MR) is 74.4 cm³/mol. The second kappa shape index (κ2) is 5.83. The third-order valence-electron chi connectivity index (χ3n) is 2.62. The molecule has 102 valence electrons. The number of carbonyl (C=O) groups is 2. The predicted octanol–water partition coefficient (Wildman–Crippen LogP) is 1.70. The number of carbonyl (C=O) groups excluding carboxylic acids is 2. The number of methoxy groups -OCH3 is 1. The molecular formula is C14H13N3O3. The molecule has 0 fully saturated rings. The van der Waals surface area contributed by atoms with Gasteiger partial charge in [0.2, 0.25) is 0 Å². The van der Waals surface area contributed by atoms with Crippen molar-refractivity contribution in [2.24, 2.45) is 0 Å². The Kier molecular flexibility index (Phi) is 3.95. The molecule has 0 aliphatic heterocycles. The van der Waals surface area contributed by atoms with Crippen molar-refractivity contribution in [2.45, 2.75) is 0 Å². The molecule has 0 atom stereocenters. The number of rotatable bonds is 3. The molecule has 0 unspecified atom stereocenters. The standard InChI is InChI=1S/C14H13N3O3/c1-20-14(19)9-5-6-11(10(15)8-9)17-13(18)12-4-2-3-7-16-12/h2-8H,15H2,1H3,(H,17,18). The van der Waals surface area contributed by atoms with Crippen LogP contribution in [0.15, 0.2) is 42.6 Å². The van der Waals surface area contributed by atoms with Crippen molar-refractivity contribution in [2.75, 3.05) is 18.2 Å². The van der Waals surface area contributed by atoms with Crippen LogP contribution in [0.3, 0.4) is 0 Å². The summed E-state index contributed by atoms with van der Waals surface area (Å²) in [7, 11) is 1.29. The minimum Gasteiger partial charge on any atom is -0.465 e. The Hall–Kier alpha value is -2.89. The molecule has 3 N–H and O–H groups in total. The van der Waals surface area contributed by atoms with Gasteiger partial charge >= 0.3 is 5.97 Å². The van der Waals surface area contributed by atoms with E-state index in [9.17, 15) is 9.59 Å². The number of anilines is 2. The van der Waals surface area contributed by atoms with E-state index >= 15 is 0 Å². The van der Waals surface area contributed by atoms with Gasteiger partial charge in [0.25, 0.3) is 5.91 Å². The summed E-state index contributed by atoms with van der Waals surface area (Å²) in [6.45, 7) is 0. The van der Waals surface area contributed by atoms with E-state index in [-0.39, 0.29) is 17.3 Å². The van der Waals surface area contributed by atoms with E-state index in [0.29, 0.717) is 11.3 Å². The lowest BCUT2D eigenvalue weighted by Crippen LogP contribution is -2.15. The van der Waals surface area contributed by atoms with Crippen molar-refractivity contribution >= 4 is 23.3 Å². The number of esters is 1. The number of nitrogens with one attached hydrogen (secondary N) is 1. The van der Waals surface area contributed by atoms with Gasteiger partial charge in [-0.15, -0.1) is 0 Å². The molecule has 6 nitrogen and oxygen atoms in total. The summed E-state index contributed by atoms with van der Waals surface area (Å²) < 4.78 is 4.59. The summed E-state index contributed by atoms with van der Waals surface area (Å²) in [6.07, 6.45) is 1.53. The molecule has 0 bridgehead atoms. The van der Waals surface area contributed by atoms with Crippen molar-refractivity contribution in [3.63, 3.8) is 0 Å². The molecule has 2 rings (SSSR count). The van der Waals surface area contributed by atoms with Crippen LogP contribution in [0.2, 0.25) is 0 Å². The van der Waals surface area contributed by atoms with Gasteiger partial charge in [0.15, 0.2) is 0 Å². The second-order valence-electron chi connectivity index (χ2n) is 3.96. The maximum atomic E-state index is 11.9. The quantitative estimate of drug-likeness (QED) is 0.654. The number of aromatic nitrogens is 1. The molecule has 6 heteroatoms. The molecule has 0 saturated heterocycles. The van der Waals surface area contributed by atoms with Gasteiger partial charge in [0.1, 0.15) is 5.69 Å². The Morgan fingerprint density at radius 1 is 1.25 bits per heavy atom. The van der Waals surface area contributed by atoms with Crippen LogP contribution in [-0.4, -0.2) is 24.0 Å². The number of nitrogens with two attached hydrogens (primary N) is 1. The van der Waals surface area contributed by atoms with Crippen molar-refractivity contribution in [3.05, 3.63) is 53.9 Å². The largest absolute Gasteiger partial charge is 0.465 e. The first-order valence-corrected chi connectivity index (χ1v) is 5.82. The fourth-order valence-corrected chi connectivity index (χ4v) is 1.60. The molecule has 2 aromatic rings. The van der Waals surface area contributed by atoms with Crippen LogP contribution in [0.1, 0.15) is 20.8 Å². The summed E-state index contributed by atoms with van der Waals surface area (Å²) in [5, 5.41) is 2.63. The van der Waals surface area contributed by atoms with E-state index in [1.807, 2.05) is 0 Å². The Bertz CT molecular complexity index is 641. The van der Waals surface area contributed by atoms with Crippen molar-refractivity contribution in [1.82, 2.24) is 4.98 Å². The fourth-order valence-electron chi connectivity index (χ4n) is 1.60. The number of hydrogen-bond acceptors (Lipinski definition) is 5. The molecular weight excluding hydrogens is 258 g/mol. The maximum Gasteiger partial charge on any atom is 0.337 e. The highest BCUT2D eigenvalue weighted by Gasteiger charge is 2.11. The third-order valence-corrected chi connectivity index (χ3v) is 2.62. The Balaban J connectivity index is 2.18. The molecule has 0 radical (unpaired) electrons. The Morgan fingerprint density at radius 2 is 2.05 bits per heavy atom. The van der Waals surface area contributed by atoms with Gasteiger partial charge in [-0.25, -0.2) is 4.79 Å². The molecule has 0 spiro atoms. The Morgan fingerprint density at radius 3 is 2.65 bits per heavy atom. The van der Waals surface area contributed by atoms with Crippen molar-refractivity contribution in [3.8, 4) is 0 Å². The van der Waals surface area contributed by atoms with Gasteiger partial charge in [0, 0.05) is 6.20 Å². The van der Waals surface area contributed by atoms with Gasteiger partial charge in [-0.2, -0.15) is 0 Å². The third kappa shape index (κ3) is 2.92. The van der Waals surface area contributed by atoms with E-state index < -0.39 is 5.97 Å². The fraction of sp³-hybridized carbons (Fsp3) is 0.0714. The van der Waals surface area contributed by atoms with Crippen LogP contribution in [0.5, 0.6) is 0 Å². The van der Waals surface area contributed by atoms with Gasteiger partial charge in [0.05, 0.1) is 24.0 Å². The highest BCUT2D eigenvalue weighted by atomic mass is 16.5. The summed E-state index contributed by atoms with van der Waals surface area (Å²) in [5.41, 5.74) is 7.08. The molecule has 20 heavy (non-hydrogen) atoms. The molecule has 0 aliphatic carbocycles. The number of hydrogen-bond donors (Lipinski definition) is 2. The lowest BCUT2D eigenvalue weighted by Gasteiger charge is -2.09. The van der Waals surface area contributed by atoms with Crippen LogP contribution in [0, 0.1) is 0 Å². The molecule has 0 aliphatic rings. The van der Waals surface area contributed by atoms with Gasteiger partial charge in [-0.3, -0.25) is 9.78 Å². The minimum atomic E-state index is -0.487. The van der Waals surface area contributed by atoms with E-state index in [2.05, 4.69) is 15.0 Å². The summed E-state index contributed by atoms with van der Waals surface area (Å²) in [5.74, 6) is -0.859. The average molecular weight is 271 g/mol. The lowest BCUT2D eigenvalue weighted by atomic mass is 10.1. The molecule has 1 aromatic heterocycles. The van der Waals surface area contributed by atoms with Crippen LogP contribution < -0.4 is 11.1 Å². The van der Waals surface area contributed by atoms with Crippen LogP contribution in [0.4, 0.5) is 11.4 Å². The van der Waals surface area contributed by atoms with Gasteiger partial charge in [-0.05, 0) is 30.3 Å². The van der Waals surface area contributed by atoms with Crippen LogP contribution in [0.25, 0.3) is 0 Å². The number of benzene rings is 1. The van der Waals surface area contributed by atoms with Crippen LogP contribution in [-0.2, 0) is 4.74 Å². The van der Waals surface area contributed by atoms with Gasteiger partial charge < -0.3 is 15.8 Å². The number of nitrogen functional groups attached to an aromatic ring is 1. The van der Waals surface area contributed by atoms with E-state index in [1.165, 1.54) is 25.4 Å². The molecule has 1 aromatic carbocycles. The molecule has 1 heterocycles. The zero-order valence-electron chi connectivity index (χ0n) is 10.8. The van der Waals surface area contributed by atoms with E-state index in [4.69, 9.17) is 5.73 Å². The topological polar surface area (TPSA) is 94.3 Å². The normalized spacial score (nSPS) is 9.85. The summed E-state index contributed by atoms with van der Waals surface area (Å²) >= 11 is 0. The second-order valence-corrected chi connectivity index (χ2v) is 3.96. The first-order chi connectivity index (χ1) is 9.61. The van der Waals surface area contributed by atoms with Gasteiger partial charge in [-0.1, -0.05) is 6.07 Å².